The summed E-state index contributed by atoms with van der Waals surface area (Å²) < 4.78 is 5.29. The van der Waals surface area contributed by atoms with Crippen molar-refractivity contribution in [1.29, 1.82) is 0 Å². The summed E-state index contributed by atoms with van der Waals surface area (Å²) >= 11 is 0. The molecule has 0 unspecified atom stereocenters. The zero-order valence-corrected chi connectivity index (χ0v) is 16.4. The van der Waals surface area contributed by atoms with Gasteiger partial charge in [-0.15, -0.1) is 0 Å². The standard InChI is InChI=1S/C20H21N3O2.C2H6.CH4/c1-4-5-17(24)15-11-16-20(21-12-15)23-19(22-16)9-7-14-6-8-18(25-3)13(2)10-14;1-2;/h4-6,8,10-12,24H,1,7,9H2,2-3H3,(H,21,22,23);1-2H3;1H4/b17-5-;;. The molecule has 3 aromatic rings. The van der Waals surface area contributed by atoms with Crippen molar-refractivity contribution in [1.82, 2.24) is 15.0 Å². The number of hydrogen-bond donors (Lipinski definition) is 2. The van der Waals surface area contributed by atoms with Gasteiger partial charge in [-0.3, -0.25) is 0 Å². The summed E-state index contributed by atoms with van der Waals surface area (Å²) in [5.74, 6) is 1.91. The second-order valence-corrected chi connectivity index (χ2v) is 5.87. The number of nitrogens with zero attached hydrogens (tertiary/aromatic N) is 2. The quantitative estimate of drug-likeness (QED) is 0.418. The van der Waals surface area contributed by atoms with Crippen molar-refractivity contribution in [3.63, 3.8) is 0 Å². The van der Waals surface area contributed by atoms with E-state index in [2.05, 4.69) is 33.7 Å². The van der Waals surface area contributed by atoms with Gasteiger partial charge in [-0.05, 0) is 42.7 Å². The van der Waals surface area contributed by atoms with Crippen molar-refractivity contribution >= 4 is 16.9 Å². The molecule has 0 aliphatic carbocycles. The van der Waals surface area contributed by atoms with Crippen LogP contribution in [0.1, 0.15) is 43.8 Å². The number of rotatable bonds is 6. The number of aliphatic hydroxyl groups excluding tert-OH is 1. The average molecular weight is 382 g/mol. The van der Waals surface area contributed by atoms with Crippen LogP contribution in [0.3, 0.4) is 0 Å². The molecule has 0 radical (unpaired) electrons. The van der Waals surface area contributed by atoms with Crippen LogP contribution in [-0.2, 0) is 12.8 Å². The SMILES string of the molecule is C.C=C/C=C(\O)c1cnc2nc(CCc3ccc(OC)c(C)c3)[nH]c2c1.CC. The predicted octanol–water partition coefficient (Wildman–Crippen LogP) is 5.81. The van der Waals surface area contributed by atoms with Crippen LogP contribution in [0.25, 0.3) is 16.9 Å². The number of imidazole rings is 1. The first-order chi connectivity index (χ1) is 13.1. The maximum absolute atomic E-state index is 9.91. The van der Waals surface area contributed by atoms with E-state index in [4.69, 9.17) is 4.74 Å². The summed E-state index contributed by atoms with van der Waals surface area (Å²) in [6.45, 7) is 9.62. The van der Waals surface area contributed by atoms with Crippen LogP contribution in [0.15, 0.2) is 49.2 Å². The van der Waals surface area contributed by atoms with E-state index >= 15 is 0 Å². The fraction of sp³-hybridized carbons (Fsp3) is 0.304. The third-order valence-electron chi connectivity index (χ3n) is 4.07. The molecule has 0 spiro atoms. The zero-order valence-electron chi connectivity index (χ0n) is 16.4. The lowest BCUT2D eigenvalue weighted by atomic mass is 10.1. The number of ether oxygens (including phenoxy) is 1. The number of allylic oxidation sites excluding steroid dienone is 2. The minimum absolute atomic E-state index is 0. The Morgan fingerprint density at radius 3 is 2.64 bits per heavy atom. The lowest BCUT2D eigenvalue weighted by Gasteiger charge is -2.06. The van der Waals surface area contributed by atoms with Crippen molar-refractivity contribution < 1.29 is 9.84 Å². The molecule has 150 valence electrons. The lowest BCUT2D eigenvalue weighted by molar-refractivity contribution is 0.411. The second-order valence-electron chi connectivity index (χ2n) is 5.87. The molecule has 2 heterocycles. The molecule has 2 aromatic heterocycles. The first kappa shape index (κ1) is 23.0. The van der Waals surface area contributed by atoms with E-state index in [1.54, 1.807) is 13.3 Å². The van der Waals surface area contributed by atoms with Crippen molar-refractivity contribution in [2.24, 2.45) is 0 Å². The van der Waals surface area contributed by atoms with E-state index in [-0.39, 0.29) is 13.2 Å². The first-order valence-corrected chi connectivity index (χ1v) is 9.11. The number of aromatic amines is 1. The fourth-order valence-corrected chi connectivity index (χ4v) is 2.77. The van der Waals surface area contributed by atoms with Crippen LogP contribution in [0.2, 0.25) is 0 Å². The van der Waals surface area contributed by atoms with E-state index in [1.807, 2.05) is 32.9 Å². The second kappa shape index (κ2) is 10.9. The van der Waals surface area contributed by atoms with Crippen molar-refractivity contribution in [2.45, 2.75) is 41.0 Å². The number of nitrogens with one attached hydrogen (secondary N) is 1. The Morgan fingerprint density at radius 2 is 2.00 bits per heavy atom. The van der Waals surface area contributed by atoms with Gasteiger partial charge in [-0.2, -0.15) is 0 Å². The number of aliphatic hydroxyl groups is 1. The van der Waals surface area contributed by atoms with Crippen LogP contribution in [0.4, 0.5) is 0 Å². The molecule has 0 saturated carbocycles. The molecule has 0 aliphatic heterocycles. The minimum atomic E-state index is 0. The van der Waals surface area contributed by atoms with Crippen molar-refractivity contribution in [3.05, 3.63) is 71.7 Å². The number of pyridine rings is 1. The Balaban J connectivity index is 0.00000127. The number of benzene rings is 1. The predicted molar refractivity (Wildman–Crippen MR) is 118 cm³/mol. The smallest absolute Gasteiger partial charge is 0.177 e. The van der Waals surface area contributed by atoms with Gasteiger partial charge in [-0.1, -0.05) is 46.1 Å². The normalized spacial score (nSPS) is 10.6. The lowest BCUT2D eigenvalue weighted by Crippen LogP contribution is -1.95. The Labute approximate surface area is 167 Å². The van der Waals surface area contributed by atoms with Crippen LogP contribution < -0.4 is 4.74 Å². The molecule has 1 aromatic carbocycles. The van der Waals surface area contributed by atoms with E-state index in [1.165, 1.54) is 17.7 Å². The molecule has 0 saturated heterocycles. The molecule has 5 nitrogen and oxygen atoms in total. The van der Waals surface area contributed by atoms with Gasteiger partial charge >= 0.3 is 0 Å². The number of fused-ring (bicyclic) bond motifs is 1. The number of aryl methyl sites for hydroxylation is 3. The highest BCUT2D eigenvalue weighted by Gasteiger charge is 2.08. The zero-order chi connectivity index (χ0) is 19.8. The Bertz CT molecular complexity index is 942. The fourth-order valence-electron chi connectivity index (χ4n) is 2.77. The maximum Gasteiger partial charge on any atom is 0.177 e. The first-order valence-electron chi connectivity index (χ1n) is 9.11. The average Bonchev–Trinajstić information content (AvgIpc) is 3.10. The molecule has 0 fully saturated rings. The van der Waals surface area contributed by atoms with E-state index < -0.39 is 0 Å². The van der Waals surface area contributed by atoms with Crippen LogP contribution in [0.5, 0.6) is 5.75 Å². The molecule has 28 heavy (non-hydrogen) atoms. The Hall–Kier alpha value is -3.08. The molecule has 0 amide bonds. The van der Waals surface area contributed by atoms with Crippen LogP contribution >= 0.6 is 0 Å². The molecular formula is C23H31N3O2. The molecule has 5 heteroatoms. The van der Waals surface area contributed by atoms with Gasteiger partial charge in [0, 0.05) is 18.2 Å². The van der Waals surface area contributed by atoms with E-state index in [9.17, 15) is 5.11 Å². The third kappa shape index (κ3) is 5.46. The summed E-state index contributed by atoms with van der Waals surface area (Å²) in [4.78, 5) is 12.1. The maximum atomic E-state index is 9.91. The Kier molecular flexibility index (Phi) is 8.96. The number of hydrogen-bond acceptors (Lipinski definition) is 4. The molecular weight excluding hydrogens is 350 g/mol. The summed E-state index contributed by atoms with van der Waals surface area (Å²) in [7, 11) is 1.68. The van der Waals surface area contributed by atoms with Gasteiger partial charge in [0.05, 0.1) is 12.6 Å². The van der Waals surface area contributed by atoms with Crippen LogP contribution in [0, 0.1) is 6.92 Å². The van der Waals surface area contributed by atoms with E-state index in [0.29, 0.717) is 11.2 Å². The highest BCUT2D eigenvalue weighted by atomic mass is 16.5. The molecule has 3 rings (SSSR count). The minimum Gasteiger partial charge on any atom is -0.507 e. The third-order valence-corrected chi connectivity index (χ3v) is 4.07. The summed E-state index contributed by atoms with van der Waals surface area (Å²) in [5, 5.41) is 9.91. The van der Waals surface area contributed by atoms with Gasteiger partial charge in [0.15, 0.2) is 5.65 Å². The largest absolute Gasteiger partial charge is 0.507 e. The summed E-state index contributed by atoms with van der Waals surface area (Å²) in [6, 6.07) is 8.04. The van der Waals surface area contributed by atoms with Crippen molar-refractivity contribution in [3.8, 4) is 5.75 Å². The van der Waals surface area contributed by atoms with Crippen molar-refractivity contribution in [2.75, 3.05) is 7.11 Å². The number of aromatic nitrogens is 3. The van der Waals surface area contributed by atoms with Gasteiger partial charge in [0.2, 0.25) is 0 Å². The number of methoxy groups -OCH3 is 1. The molecule has 0 atom stereocenters. The van der Waals surface area contributed by atoms with Gasteiger partial charge < -0.3 is 14.8 Å². The van der Waals surface area contributed by atoms with E-state index in [0.717, 1.165) is 35.5 Å². The highest BCUT2D eigenvalue weighted by molar-refractivity contribution is 5.75. The molecule has 2 N–H and O–H groups in total. The van der Waals surface area contributed by atoms with Gasteiger partial charge in [-0.25, -0.2) is 9.97 Å². The summed E-state index contributed by atoms with van der Waals surface area (Å²) in [6.07, 6.45) is 6.33. The highest BCUT2D eigenvalue weighted by Crippen LogP contribution is 2.20. The summed E-state index contributed by atoms with van der Waals surface area (Å²) in [5.41, 5.74) is 4.45. The topological polar surface area (TPSA) is 71.0 Å². The monoisotopic (exact) mass is 381 g/mol. The molecule has 0 bridgehead atoms. The molecule has 0 aliphatic rings. The Morgan fingerprint density at radius 1 is 1.25 bits per heavy atom. The number of H-pyrrole nitrogens is 1. The van der Waals surface area contributed by atoms with Gasteiger partial charge in [0.1, 0.15) is 17.3 Å². The van der Waals surface area contributed by atoms with Gasteiger partial charge in [0.25, 0.3) is 0 Å². The van der Waals surface area contributed by atoms with Crippen LogP contribution in [-0.4, -0.2) is 27.2 Å².